The Labute approximate surface area is 87.4 Å². The van der Waals surface area contributed by atoms with E-state index in [9.17, 15) is 9.90 Å². The Morgan fingerprint density at radius 2 is 2.13 bits per heavy atom. The summed E-state index contributed by atoms with van der Waals surface area (Å²) in [5, 5.41) is 9.51. The molecule has 15 heavy (non-hydrogen) atoms. The molecule has 0 radical (unpaired) electrons. The third-order valence-electron chi connectivity index (χ3n) is 1.99. The summed E-state index contributed by atoms with van der Waals surface area (Å²) in [5.41, 5.74) is 6.36. The second kappa shape index (κ2) is 4.65. The lowest BCUT2D eigenvalue weighted by Gasteiger charge is -2.10. The number of hydrogen-bond acceptors (Lipinski definition) is 5. The molecule has 1 atom stereocenters. The van der Waals surface area contributed by atoms with Crippen molar-refractivity contribution in [2.75, 3.05) is 20.0 Å². The minimum atomic E-state index is -1.32. The van der Waals surface area contributed by atoms with E-state index in [1.165, 1.54) is 20.3 Å². The largest absolute Gasteiger partial charge is 0.495 e. The van der Waals surface area contributed by atoms with E-state index < -0.39 is 12.1 Å². The smallest absolute Gasteiger partial charge is 0.339 e. The predicted molar refractivity (Wildman–Crippen MR) is 54.4 cm³/mol. The monoisotopic (exact) mass is 211 g/mol. The van der Waals surface area contributed by atoms with Crippen LogP contribution >= 0.6 is 0 Å². The highest BCUT2D eigenvalue weighted by Gasteiger charge is 2.18. The number of ether oxygens (including phenoxy) is 2. The number of aliphatic hydroxyl groups is 1. The minimum Gasteiger partial charge on any atom is -0.495 e. The van der Waals surface area contributed by atoms with Crippen LogP contribution in [0.1, 0.15) is 11.7 Å². The van der Waals surface area contributed by atoms with Crippen molar-refractivity contribution in [1.82, 2.24) is 0 Å². The standard InChI is InChI=1S/C10H13NO4/c1-14-8-4-3-6(5-7(8)11)9(12)10(13)15-2/h3-5,9,12H,11H2,1-2H3/t9-/m1/s1. The Morgan fingerprint density at radius 3 is 2.60 bits per heavy atom. The van der Waals surface area contributed by atoms with Gasteiger partial charge < -0.3 is 20.3 Å². The van der Waals surface area contributed by atoms with E-state index in [0.29, 0.717) is 17.0 Å². The summed E-state index contributed by atoms with van der Waals surface area (Å²) in [6, 6.07) is 4.61. The van der Waals surface area contributed by atoms with E-state index in [-0.39, 0.29) is 0 Å². The summed E-state index contributed by atoms with van der Waals surface area (Å²) >= 11 is 0. The Balaban J connectivity index is 2.97. The molecule has 82 valence electrons. The maximum absolute atomic E-state index is 11.0. The van der Waals surface area contributed by atoms with Crippen LogP contribution < -0.4 is 10.5 Å². The summed E-state index contributed by atoms with van der Waals surface area (Å²) in [7, 11) is 2.69. The zero-order valence-corrected chi connectivity index (χ0v) is 8.56. The van der Waals surface area contributed by atoms with Crippen LogP contribution in [0.2, 0.25) is 0 Å². The second-order valence-electron chi connectivity index (χ2n) is 2.93. The van der Waals surface area contributed by atoms with Crippen molar-refractivity contribution in [3.05, 3.63) is 23.8 Å². The lowest BCUT2D eigenvalue weighted by atomic mass is 10.1. The molecular weight excluding hydrogens is 198 g/mol. The molecule has 0 aliphatic rings. The summed E-state index contributed by atoms with van der Waals surface area (Å²) in [4.78, 5) is 11.0. The molecule has 5 heteroatoms. The van der Waals surface area contributed by atoms with Gasteiger partial charge in [0.2, 0.25) is 0 Å². The van der Waals surface area contributed by atoms with Gasteiger partial charge in [-0.1, -0.05) is 6.07 Å². The molecule has 0 heterocycles. The summed E-state index contributed by atoms with van der Waals surface area (Å²) in [6.07, 6.45) is -1.32. The van der Waals surface area contributed by atoms with Crippen molar-refractivity contribution in [3.63, 3.8) is 0 Å². The van der Waals surface area contributed by atoms with Gasteiger partial charge in [0.15, 0.2) is 6.10 Å². The number of methoxy groups -OCH3 is 2. The van der Waals surface area contributed by atoms with Gasteiger partial charge in [-0.15, -0.1) is 0 Å². The minimum absolute atomic E-state index is 0.359. The van der Waals surface area contributed by atoms with Crippen molar-refractivity contribution in [3.8, 4) is 5.75 Å². The Bertz CT molecular complexity index is 364. The molecule has 1 rings (SSSR count). The number of rotatable bonds is 3. The van der Waals surface area contributed by atoms with Crippen LogP contribution in [0, 0.1) is 0 Å². The second-order valence-corrected chi connectivity index (χ2v) is 2.93. The number of nitrogens with two attached hydrogens (primary N) is 1. The van der Waals surface area contributed by atoms with Gasteiger partial charge in [0.1, 0.15) is 5.75 Å². The van der Waals surface area contributed by atoms with Crippen LogP contribution in [-0.4, -0.2) is 25.3 Å². The first kappa shape index (κ1) is 11.3. The van der Waals surface area contributed by atoms with Gasteiger partial charge in [-0.05, 0) is 17.7 Å². The van der Waals surface area contributed by atoms with Crippen LogP contribution in [0.15, 0.2) is 18.2 Å². The molecule has 0 saturated heterocycles. The lowest BCUT2D eigenvalue weighted by Crippen LogP contribution is -2.13. The molecule has 0 saturated carbocycles. The molecule has 0 fully saturated rings. The van der Waals surface area contributed by atoms with Crippen LogP contribution in [-0.2, 0) is 9.53 Å². The maximum atomic E-state index is 11.0. The molecule has 3 N–H and O–H groups in total. The highest BCUT2D eigenvalue weighted by Crippen LogP contribution is 2.25. The lowest BCUT2D eigenvalue weighted by molar-refractivity contribution is -0.150. The number of aliphatic hydroxyl groups excluding tert-OH is 1. The Hall–Kier alpha value is -1.75. The fourth-order valence-corrected chi connectivity index (χ4v) is 1.17. The molecule has 0 amide bonds. The third kappa shape index (κ3) is 2.38. The number of anilines is 1. The average Bonchev–Trinajstić information content (AvgIpc) is 2.26. The van der Waals surface area contributed by atoms with Gasteiger partial charge in [0.25, 0.3) is 0 Å². The zero-order valence-electron chi connectivity index (χ0n) is 8.56. The van der Waals surface area contributed by atoms with Crippen molar-refractivity contribution in [1.29, 1.82) is 0 Å². The fourth-order valence-electron chi connectivity index (χ4n) is 1.17. The molecule has 1 aromatic rings. The molecule has 0 aromatic heterocycles. The quantitative estimate of drug-likeness (QED) is 0.561. The summed E-state index contributed by atoms with van der Waals surface area (Å²) in [6.45, 7) is 0. The van der Waals surface area contributed by atoms with E-state index >= 15 is 0 Å². The van der Waals surface area contributed by atoms with Crippen molar-refractivity contribution in [2.24, 2.45) is 0 Å². The van der Waals surface area contributed by atoms with Gasteiger partial charge in [0, 0.05) is 0 Å². The SMILES string of the molecule is COC(=O)[C@H](O)c1ccc(OC)c(N)c1. The Morgan fingerprint density at radius 1 is 1.47 bits per heavy atom. The third-order valence-corrected chi connectivity index (χ3v) is 1.99. The van der Waals surface area contributed by atoms with E-state index in [4.69, 9.17) is 10.5 Å². The molecule has 0 aliphatic carbocycles. The first-order valence-electron chi connectivity index (χ1n) is 4.29. The highest BCUT2D eigenvalue weighted by molar-refractivity contribution is 5.76. The van der Waals surface area contributed by atoms with Crippen molar-refractivity contribution < 1.29 is 19.4 Å². The van der Waals surface area contributed by atoms with E-state index in [0.717, 1.165) is 0 Å². The van der Waals surface area contributed by atoms with Gasteiger partial charge in [-0.25, -0.2) is 4.79 Å². The molecule has 0 spiro atoms. The average molecular weight is 211 g/mol. The van der Waals surface area contributed by atoms with Crippen LogP contribution in [0.25, 0.3) is 0 Å². The number of carbonyl (C=O) groups excluding carboxylic acids is 1. The first-order chi connectivity index (χ1) is 7.10. The van der Waals surface area contributed by atoms with Crippen LogP contribution in [0.3, 0.4) is 0 Å². The highest BCUT2D eigenvalue weighted by atomic mass is 16.5. The predicted octanol–water partition coefficient (Wildman–Crippen LogP) is 0.484. The van der Waals surface area contributed by atoms with Gasteiger partial charge in [0.05, 0.1) is 19.9 Å². The van der Waals surface area contributed by atoms with Gasteiger partial charge >= 0.3 is 5.97 Å². The van der Waals surface area contributed by atoms with Crippen molar-refractivity contribution >= 4 is 11.7 Å². The summed E-state index contributed by atoms with van der Waals surface area (Å²) in [5.74, 6) is -0.226. The zero-order chi connectivity index (χ0) is 11.4. The number of nitrogen functional groups attached to an aromatic ring is 1. The van der Waals surface area contributed by atoms with Crippen LogP contribution in [0.4, 0.5) is 5.69 Å². The topological polar surface area (TPSA) is 81.8 Å². The molecule has 0 unspecified atom stereocenters. The normalized spacial score (nSPS) is 11.9. The molecule has 1 aromatic carbocycles. The number of carbonyl (C=O) groups is 1. The maximum Gasteiger partial charge on any atom is 0.339 e. The first-order valence-corrected chi connectivity index (χ1v) is 4.29. The Kier molecular flexibility index (Phi) is 3.51. The van der Waals surface area contributed by atoms with Gasteiger partial charge in [-0.2, -0.15) is 0 Å². The fraction of sp³-hybridized carbons (Fsp3) is 0.300. The van der Waals surface area contributed by atoms with E-state index in [2.05, 4.69) is 4.74 Å². The van der Waals surface area contributed by atoms with Gasteiger partial charge in [-0.3, -0.25) is 0 Å². The van der Waals surface area contributed by atoms with E-state index in [1.807, 2.05) is 0 Å². The molecular formula is C10H13NO4. The molecule has 0 bridgehead atoms. The summed E-state index contributed by atoms with van der Waals surface area (Å²) < 4.78 is 9.35. The van der Waals surface area contributed by atoms with E-state index in [1.54, 1.807) is 12.1 Å². The number of hydrogen-bond donors (Lipinski definition) is 2. The number of esters is 1. The molecule has 5 nitrogen and oxygen atoms in total. The van der Waals surface area contributed by atoms with Crippen LogP contribution in [0.5, 0.6) is 5.75 Å². The number of benzene rings is 1. The molecule has 0 aliphatic heterocycles. The van der Waals surface area contributed by atoms with Crippen molar-refractivity contribution in [2.45, 2.75) is 6.10 Å².